The molecule has 0 nitrogen and oxygen atoms in total. The zero-order valence-corrected chi connectivity index (χ0v) is 15.5. The molecular formula is C20H38S. The topological polar surface area (TPSA) is 0 Å². The standard InChI is InChI=1S/C20H38S/c1-3-5-6-7-17-8-10-18(11-9-17)19-12-15-20(21,14-4-2)16-13-19/h17-19,21H,3-16H2,1-2H3. The number of rotatable bonds is 7. The van der Waals surface area contributed by atoms with Gasteiger partial charge < -0.3 is 0 Å². The molecular weight excluding hydrogens is 272 g/mol. The van der Waals surface area contributed by atoms with Crippen molar-refractivity contribution in [2.24, 2.45) is 17.8 Å². The molecule has 0 aromatic heterocycles. The summed E-state index contributed by atoms with van der Waals surface area (Å²) in [6.07, 6.45) is 20.3. The van der Waals surface area contributed by atoms with Crippen molar-refractivity contribution in [1.29, 1.82) is 0 Å². The zero-order chi connectivity index (χ0) is 15.1. The Morgan fingerprint density at radius 2 is 1.43 bits per heavy atom. The first-order valence-corrected chi connectivity index (χ1v) is 10.3. The van der Waals surface area contributed by atoms with E-state index in [1.807, 2.05) is 0 Å². The van der Waals surface area contributed by atoms with Crippen LogP contribution in [0.3, 0.4) is 0 Å². The van der Waals surface area contributed by atoms with Crippen LogP contribution in [0.4, 0.5) is 0 Å². The van der Waals surface area contributed by atoms with Crippen molar-refractivity contribution < 1.29 is 0 Å². The Morgan fingerprint density at radius 1 is 0.810 bits per heavy atom. The van der Waals surface area contributed by atoms with Crippen LogP contribution in [0, 0.1) is 17.8 Å². The van der Waals surface area contributed by atoms with E-state index in [9.17, 15) is 0 Å². The van der Waals surface area contributed by atoms with E-state index >= 15 is 0 Å². The molecule has 21 heavy (non-hydrogen) atoms. The van der Waals surface area contributed by atoms with Crippen LogP contribution >= 0.6 is 12.6 Å². The summed E-state index contributed by atoms with van der Waals surface area (Å²) < 4.78 is 0.391. The second kappa shape index (κ2) is 8.85. The maximum atomic E-state index is 5.00. The van der Waals surface area contributed by atoms with Crippen LogP contribution in [-0.4, -0.2) is 4.75 Å². The molecule has 124 valence electrons. The van der Waals surface area contributed by atoms with E-state index in [1.54, 1.807) is 0 Å². The maximum absolute atomic E-state index is 5.00. The Bertz CT molecular complexity index is 270. The van der Waals surface area contributed by atoms with E-state index in [1.165, 1.54) is 89.9 Å². The first kappa shape index (κ1) is 17.7. The monoisotopic (exact) mass is 310 g/mol. The van der Waals surface area contributed by atoms with Gasteiger partial charge in [-0.3, -0.25) is 0 Å². The summed E-state index contributed by atoms with van der Waals surface area (Å²) in [5, 5.41) is 0. The molecule has 0 N–H and O–H groups in total. The summed E-state index contributed by atoms with van der Waals surface area (Å²) in [6, 6.07) is 0. The molecule has 0 bridgehead atoms. The second-order valence-electron chi connectivity index (χ2n) is 8.09. The highest BCUT2D eigenvalue weighted by atomic mass is 32.1. The molecule has 0 aliphatic heterocycles. The van der Waals surface area contributed by atoms with Crippen LogP contribution < -0.4 is 0 Å². The molecule has 0 heterocycles. The van der Waals surface area contributed by atoms with Crippen LogP contribution in [0.2, 0.25) is 0 Å². The molecule has 0 saturated heterocycles. The Morgan fingerprint density at radius 3 is 2.00 bits per heavy atom. The van der Waals surface area contributed by atoms with Gasteiger partial charge in [0.1, 0.15) is 0 Å². The van der Waals surface area contributed by atoms with E-state index in [0.29, 0.717) is 4.75 Å². The Kier molecular flexibility index (Phi) is 7.46. The van der Waals surface area contributed by atoms with Crippen molar-refractivity contribution in [3.63, 3.8) is 0 Å². The molecule has 2 aliphatic rings. The summed E-state index contributed by atoms with van der Waals surface area (Å²) in [6.45, 7) is 4.63. The highest BCUT2D eigenvalue weighted by Gasteiger charge is 2.35. The van der Waals surface area contributed by atoms with Crippen LogP contribution in [0.25, 0.3) is 0 Å². The van der Waals surface area contributed by atoms with Gasteiger partial charge in [0, 0.05) is 4.75 Å². The summed E-state index contributed by atoms with van der Waals surface area (Å²) in [5.41, 5.74) is 0. The van der Waals surface area contributed by atoms with Gasteiger partial charge >= 0.3 is 0 Å². The van der Waals surface area contributed by atoms with Gasteiger partial charge in [-0.25, -0.2) is 0 Å². The van der Waals surface area contributed by atoms with Crippen LogP contribution in [0.1, 0.15) is 104 Å². The van der Waals surface area contributed by atoms with Gasteiger partial charge in [-0.2, -0.15) is 12.6 Å². The molecule has 2 aliphatic carbocycles. The van der Waals surface area contributed by atoms with Crippen molar-refractivity contribution in [3.05, 3.63) is 0 Å². The molecule has 2 rings (SSSR count). The van der Waals surface area contributed by atoms with Crippen molar-refractivity contribution in [2.75, 3.05) is 0 Å². The van der Waals surface area contributed by atoms with Gasteiger partial charge in [0.25, 0.3) is 0 Å². The molecule has 2 saturated carbocycles. The minimum absolute atomic E-state index is 0.391. The Labute approximate surface area is 139 Å². The molecule has 0 radical (unpaired) electrons. The minimum Gasteiger partial charge on any atom is -0.173 e. The van der Waals surface area contributed by atoms with Crippen molar-refractivity contribution in [3.8, 4) is 0 Å². The molecule has 0 aromatic carbocycles. The van der Waals surface area contributed by atoms with E-state index in [-0.39, 0.29) is 0 Å². The third kappa shape index (κ3) is 5.48. The van der Waals surface area contributed by atoms with Gasteiger partial charge in [-0.1, -0.05) is 58.8 Å². The molecule has 0 spiro atoms. The van der Waals surface area contributed by atoms with Gasteiger partial charge in [0.2, 0.25) is 0 Å². The SMILES string of the molecule is CCCCCC1CCC(C2CCC(S)(CCC)CC2)CC1. The third-order valence-corrected chi connectivity index (χ3v) is 7.12. The largest absolute Gasteiger partial charge is 0.173 e. The highest BCUT2D eigenvalue weighted by molar-refractivity contribution is 7.81. The van der Waals surface area contributed by atoms with Crippen LogP contribution in [-0.2, 0) is 0 Å². The molecule has 1 heteroatoms. The molecule has 0 unspecified atom stereocenters. The van der Waals surface area contributed by atoms with Crippen LogP contribution in [0.5, 0.6) is 0 Å². The lowest BCUT2D eigenvalue weighted by atomic mass is 9.68. The number of thiol groups is 1. The van der Waals surface area contributed by atoms with Crippen LogP contribution in [0.15, 0.2) is 0 Å². The van der Waals surface area contributed by atoms with E-state index < -0.39 is 0 Å². The average molecular weight is 311 g/mol. The smallest absolute Gasteiger partial charge is 0.0130 e. The van der Waals surface area contributed by atoms with Crippen molar-refractivity contribution in [2.45, 2.75) is 108 Å². The molecule has 0 aromatic rings. The molecule has 2 fully saturated rings. The quantitative estimate of drug-likeness (QED) is 0.378. The van der Waals surface area contributed by atoms with Gasteiger partial charge in [0.15, 0.2) is 0 Å². The van der Waals surface area contributed by atoms with E-state index in [0.717, 1.165) is 17.8 Å². The van der Waals surface area contributed by atoms with Gasteiger partial charge in [-0.15, -0.1) is 0 Å². The summed E-state index contributed by atoms with van der Waals surface area (Å²) in [5.74, 6) is 3.17. The fourth-order valence-electron chi connectivity index (χ4n) is 5.00. The lowest BCUT2D eigenvalue weighted by Crippen LogP contribution is -2.32. The summed E-state index contributed by atoms with van der Waals surface area (Å²) >= 11 is 5.00. The number of hydrogen-bond donors (Lipinski definition) is 1. The summed E-state index contributed by atoms with van der Waals surface area (Å²) in [4.78, 5) is 0. The minimum atomic E-state index is 0.391. The fraction of sp³-hybridized carbons (Fsp3) is 1.00. The van der Waals surface area contributed by atoms with Gasteiger partial charge in [-0.05, 0) is 62.7 Å². The predicted octanol–water partition coefficient (Wildman–Crippen LogP) is 7.03. The van der Waals surface area contributed by atoms with Crippen molar-refractivity contribution in [1.82, 2.24) is 0 Å². The average Bonchev–Trinajstić information content (AvgIpc) is 2.49. The Hall–Kier alpha value is 0.350. The van der Waals surface area contributed by atoms with Gasteiger partial charge in [0.05, 0.1) is 0 Å². The maximum Gasteiger partial charge on any atom is 0.0130 e. The molecule has 0 atom stereocenters. The normalized spacial score (nSPS) is 37.6. The van der Waals surface area contributed by atoms with E-state index in [2.05, 4.69) is 13.8 Å². The third-order valence-electron chi connectivity index (χ3n) is 6.45. The second-order valence-corrected chi connectivity index (χ2v) is 9.04. The zero-order valence-electron chi connectivity index (χ0n) is 14.6. The lowest BCUT2D eigenvalue weighted by Gasteiger charge is -2.41. The number of unbranched alkanes of at least 4 members (excludes halogenated alkanes) is 2. The summed E-state index contributed by atoms with van der Waals surface area (Å²) in [7, 11) is 0. The predicted molar refractivity (Wildman–Crippen MR) is 98.2 cm³/mol. The first-order chi connectivity index (χ1) is 10.2. The highest BCUT2D eigenvalue weighted by Crippen LogP contribution is 2.46. The Balaban J connectivity index is 1.67. The lowest BCUT2D eigenvalue weighted by molar-refractivity contribution is 0.149. The first-order valence-electron chi connectivity index (χ1n) is 9.89. The molecule has 0 amide bonds. The number of hydrogen-bond acceptors (Lipinski definition) is 1. The fourth-order valence-corrected chi connectivity index (χ4v) is 5.48. The van der Waals surface area contributed by atoms with E-state index in [4.69, 9.17) is 12.6 Å². The van der Waals surface area contributed by atoms with Crippen molar-refractivity contribution >= 4 is 12.6 Å².